The van der Waals surface area contributed by atoms with Crippen LogP contribution in [0.25, 0.3) is 0 Å². The molecule has 1 aliphatic heterocycles. The molecular formula is C15H20F3NO2S2. The highest BCUT2D eigenvalue weighted by atomic mass is 32.2. The lowest BCUT2D eigenvalue weighted by Crippen LogP contribution is -2.36. The van der Waals surface area contributed by atoms with Crippen LogP contribution in [-0.4, -0.2) is 43.5 Å². The van der Waals surface area contributed by atoms with Crippen molar-refractivity contribution in [3.8, 4) is 0 Å². The highest BCUT2D eigenvalue weighted by molar-refractivity contribution is 7.99. The molecule has 1 fully saturated rings. The fraction of sp³-hybridized carbons (Fsp3) is 0.600. The van der Waals surface area contributed by atoms with E-state index in [0.29, 0.717) is 12.2 Å². The van der Waals surface area contributed by atoms with Crippen LogP contribution in [0.3, 0.4) is 0 Å². The van der Waals surface area contributed by atoms with Crippen LogP contribution in [0.5, 0.6) is 0 Å². The van der Waals surface area contributed by atoms with Gasteiger partial charge in [0, 0.05) is 24.1 Å². The minimum absolute atomic E-state index is 0.180. The van der Waals surface area contributed by atoms with E-state index in [-0.39, 0.29) is 18.3 Å². The third kappa shape index (κ3) is 5.39. The lowest BCUT2D eigenvalue weighted by Gasteiger charge is -2.20. The molecule has 3 nitrogen and oxygen atoms in total. The van der Waals surface area contributed by atoms with E-state index in [1.807, 2.05) is 31.2 Å². The van der Waals surface area contributed by atoms with Gasteiger partial charge in [0.25, 0.3) is 0 Å². The summed E-state index contributed by atoms with van der Waals surface area (Å²) in [6, 6.07) is 7.94. The molecule has 0 bridgehead atoms. The van der Waals surface area contributed by atoms with Gasteiger partial charge in [0.2, 0.25) is 10.0 Å². The van der Waals surface area contributed by atoms with Crippen molar-refractivity contribution < 1.29 is 21.6 Å². The van der Waals surface area contributed by atoms with Crippen LogP contribution in [0.4, 0.5) is 13.2 Å². The number of halogens is 3. The van der Waals surface area contributed by atoms with Gasteiger partial charge < -0.3 is 0 Å². The molecule has 2 rings (SSSR count). The molecule has 1 unspecified atom stereocenters. The summed E-state index contributed by atoms with van der Waals surface area (Å²) in [5.74, 6) is -0.277. The van der Waals surface area contributed by atoms with Crippen molar-refractivity contribution in [1.82, 2.24) is 4.31 Å². The van der Waals surface area contributed by atoms with Crippen LogP contribution in [0.15, 0.2) is 24.3 Å². The number of hydrogen-bond donors (Lipinski definition) is 0. The fourth-order valence-electron chi connectivity index (χ4n) is 2.60. The molecule has 0 N–H and O–H groups in total. The van der Waals surface area contributed by atoms with Crippen molar-refractivity contribution in [2.75, 3.05) is 24.6 Å². The first-order valence-electron chi connectivity index (χ1n) is 7.41. The van der Waals surface area contributed by atoms with Gasteiger partial charge in [-0.05, 0) is 24.5 Å². The van der Waals surface area contributed by atoms with E-state index in [9.17, 15) is 21.6 Å². The molecule has 130 valence electrons. The van der Waals surface area contributed by atoms with Crippen molar-refractivity contribution >= 4 is 21.8 Å². The Morgan fingerprint density at radius 2 is 1.96 bits per heavy atom. The van der Waals surface area contributed by atoms with E-state index in [4.69, 9.17) is 0 Å². The van der Waals surface area contributed by atoms with E-state index >= 15 is 0 Å². The molecular weight excluding hydrogens is 347 g/mol. The average Bonchev–Trinajstić information content (AvgIpc) is 2.71. The summed E-state index contributed by atoms with van der Waals surface area (Å²) in [5, 5.41) is 0.180. The van der Waals surface area contributed by atoms with Crippen LogP contribution >= 0.6 is 11.8 Å². The highest BCUT2D eigenvalue weighted by Gasteiger charge is 2.33. The van der Waals surface area contributed by atoms with Gasteiger partial charge in [0.1, 0.15) is 0 Å². The summed E-state index contributed by atoms with van der Waals surface area (Å²) in [7, 11) is -3.86. The fourth-order valence-corrected chi connectivity index (χ4v) is 5.54. The number of aryl methyl sites for hydroxylation is 1. The molecule has 0 spiro atoms. The van der Waals surface area contributed by atoms with Crippen molar-refractivity contribution in [1.29, 1.82) is 0 Å². The second-order valence-corrected chi connectivity index (χ2v) is 8.98. The Bertz CT molecular complexity index is 632. The van der Waals surface area contributed by atoms with Gasteiger partial charge in [-0.3, -0.25) is 0 Å². The number of benzene rings is 1. The van der Waals surface area contributed by atoms with Gasteiger partial charge in [-0.2, -0.15) is 24.9 Å². The second kappa shape index (κ2) is 7.44. The minimum Gasteiger partial charge on any atom is -0.212 e. The van der Waals surface area contributed by atoms with Gasteiger partial charge >= 0.3 is 6.18 Å². The Hall–Kier alpha value is -0.730. The highest BCUT2D eigenvalue weighted by Crippen LogP contribution is 2.36. The summed E-state index contributed by atoms with van der Waals surface area (Å²) < 4.78 is 62.3. The minimum atomic E-state index is -4.45. The predicted octanol–water partition coefficient (Wildman–Crippen LogP) is 3.76. The summed E-state index contributed by atoms with van der Waals surface area (Å²) >= 11 is 1.67. The normalized spacial score (nSPS) is 21.1. The molecule has 1 aromatic rings. The molecule has 1 saturated heterocycles. The third-order valence-electron chi connectivity index (χ3n) is 3.87. The lowest BCUT2D eigenvalue weighted by atomic mass is 10.0. The summed E-state index contributed by atoms with van der Waals surface area (Å²) in [5.41, 5.74) is 2.32. The molecule has 23 heavy (non-hydrogen) atoms. The van der Waals surface area contributed by atoms with Crippen molar-refractivity contribution in [3.63, 3.8) is 0 Å². The van der Waals surface area contributed by atoms with Gasteiger partial charge in [-0.25, -0.2) is 12.7 Å². The maximum atomic E-state index is 12.3. The summed E-state index contributed by atoms with van der Waals surface area (Å²) in [6.45, 7) is 2.55. The third-order valence-corrected chi connectivity index (χ3v) is 7.05. The Morgan fingerprint density at radius 1 is 1.26 bits per heavy atom. The first kappa shape index (κ1) is 18.6. The van der Waals surface area contributed by atoms with Crippen molar-refractivity contribution in [3.05, 3.63) is 35.4 Å². The standard InChI is InChI=1S/C15H20F3NO2S2/c1-12-4-2-3-5-13(12)14-6-8-19(9-10-22-14)23(20,21)11-7-15(16,17)18/h2-5,14H,6-11H2,1H3. The zero-order chi connectivity index (χ0) is 17.1. The van der Waals surface area contributed by atoms with E-state index < -0.39 is 28.4 Å². The predicted molar refractivity (Wildman–Crippen MR) is 87.0 cm³/mol. The second-order valence-electron chi connectivity index (χ2n) is 5.58. The van der Waals surface area contributed by atoms with E-state index in [1.165, 1.54) is 9.87 Å². The first-order valence-corrected chi connectivity index (χ1v) is 10.1. The molecule has 0 amide bonds. The Morgan fingerprint density at radius 3 is 2.61 bits per heavy atom. The largest absolute Gasteiger partial charge is 0.390 e. The zero-order valence-corrected chi connectivity index (χ0v) is 14.5. The monoisotopic (exact) mass is 367 g/mol. The molecule has 0 saturated carbocycles. The van der Waals surface area contributed by atoms with Crippen LogP contribution < -0.4 is 0 Å². The Balaban J connectivity index is 2.02. The van der Waals surface area contributed by atoms with Gasteiger partial charge in [-0.15, -0.1) is 0 Å². The number of thioether (sulfide) groups is 1. The molecule has 1 aromatic carbocycles. The molecule has 1 heterocycles. The SMILES string of the molecule is Cc1ccccc1C1CCN(S(=O)(=O)CCC(F)(F)F)CCS1. The Labute approximate surface area is 139 Å². The van der Waals surface area contributed by atoms with Crippen LogP contribution in [0, 0.1) is 6.92 Å². The maximum absolute atomic E-state index is 12.3. The lowest BCUT2D eigenvalue weighted by molar-refractivity contribution is -0.130. The molecule has 1 atom stereocenters. The van der Waals surface area contributed by atoms with Gasteiger partial charge in [0.05, 0.1) is 12.2 Å². The van der Waals surface area contributed by atoms with Crippen molar-refractivity contribution in [2.45, 2.75) is 31.2 Å². The number of nitrogens with zero attached hydrogens (tertiary/aromatic N) is 1. The smallest absolute Gasteiger partial charge is 0.212 e. The van der Waals surface area contributed by atoms with E-state index in [1.54, 1.807) is 11.8 Å². The van der Waals surface area contributed by atoms with E-state index in [0.717, 1.165) is 5.56 Å². The molecule has 1 aliphatic rings. The van der Waals surface area contributed by atoms with Crippen LogP contribution in [-0.2, 0) is 10.0 Å². The number of hydrogen-bond acceptors (Lipinski definition) is 3. The van der Waals surface area contributed by atoms with Gasteiger partial charge in [0.15, 0.2) is 0 Å². The number of rotatable bonds is 4. The topological polar surface area (TPSA) is 37.4 Å². The van der Waals surface area contributed by atoms with Crippen LogP contribution in [0.2, 0.25) is 0 Å². The molecule has 0 aromatic heterocycles. The number of alkyl halides is 3. The molecule has 0 aliphatic carbocycles. The van der Waals surface area contributed by atoms with E-state index in [2.05, 4.69) is 0 Å². The van der Waals surface area contributed by atoms with Crippen LogP contribution in [0.1, 0.15) is 29.2 Å². The maximum Gasteiger partial charge on any atom is 0.390 e. The Kier molecular flexibility index (Phi) is 6.02. The zero-order valence-electron chi connectivity index (χ0n) is 12.8. The number of sulfonamides is 1. The molecule has 0 radical (unpaired) electrons. The summed E-state index contributed by atoms with van der Waals surface area (Å²) in [6.07, 6.45) is -5.13. The quantitative estimate of drug-likeness (QED) is 0.813. The first-order chi connectivity index (χ1) is 10.7. The van der Waals surface area contributed by atoms with Gasteiger partial charge in [-0.1, -0.05) is 24.3 Å². The molecule has 8 heteroatoms. The van der Waals surface area contributed by atoms with Crippen molar-refractivity contribution in [2.24, 2.45) is 0 Å². The average molecular weight is 367 g/mol. The summed E-state index contributed by atoms with van der Waals surface area (Å²) in [4.78, 5) is 0.